The van der Waals surface area contributed by atoms with Crippen molar-refractivity contribution in [2.24, 2.45) is 5.92 Å². The van der Waals surface area contributed by atoms with E-state index in [1.54, 1.807) is 4.90 Å². The Morgan fingerprint density at radius 3 is 2.64 bits per heavy atom. The van der Waals surface area contributed by atoms with Gasteiger partial charge in [0, 0.05) is 19.0 Å². The van der Waals surface area contributed by atoms with Gasteiger partial charge in [-0.25, -0.2) is 4.68 Å². The van der Waals surface area contributed by atoms with Crippen molar-refractivity contribution in [3.05, 3.63) is 42.2 Å². The third kappa shape index (κ3) is 2.80. The smallest absolute Gasteiger partial charge is 0.308 e. The molecule has 2 atom stereocenters. The summed E-state index contributed by atoms with van der Waals surface area (Å²) >= 11 is 0. The molecule has 1 aliphatic rings. The molecule has 0 radical (unpaired) electrons. The lowest BCUT2D eigenvalue weighted by Gasteiger charge is -2.16. The van der Waals surface area contributed by atoms with E-state index in [2.05, 4.69) is 15.5 Å². The summed E-state index contributed by atoms with van der Waals surface area (Å²) in [6, 6.07) is 9.43. The number of likely N-dealkylation sites (tertiary alicyclic amines) is 1. The van der Waals surface area contributed by atoms with Crippen molar-refractivity contribution >= 4 is 11.9 Å². The molecule has 3 rings (SSSR count). The molecule has 0 bridgehead atoms. The van der Waals surface area contributed by atoms with Crippen LogP contribution in [-0.4, -0.2) is 55.2 Å². The Morgan fingerprint density at radius 1 is 1.23 bits per heavy atom. The Kier molecular flexibility index (Phi) is 3.82. The van der Waals surface area contributed by atoms with Crippen LogP contribution < -0.4 is 0 Å². The highest BCUT2D eigenvalue weighted by Crippen LogP contribution is 2.32. The summed E-state index contributed by atoms with van der Waals surface area (Å²) in [5.41, 5.74) is 0.938. The van der Waals surface area contributed by atoms with Crippen molar-refractivity contribution in [2.75, 3.05) is 13.1 Å². The maximum atomic E-state index is 12.3. The molecule has 22 heavy (non-hydrogen) atoms. The third-order valence-electron chi connectivity index (χ3n) is 3.91. The van der Waals surface area contributed by atoms with Gasteiger partial charge in [0.1, 0.15) is 12.9 Å². The molecule has 1 aromatic carbocycles. The second-order valence-electron chi connectivity index (χ2n) is 5.27. The number of nitrogens with zero attached hydrogens (tertiary/aromatic N) is 5. The van der Waals surface area contributed by atoms with Gasteiger partial charge in [-0.3, -0.25) is 9.59 Å². The quantitative estimate of drug-likeness (QED) is 0.853. The minimum absolute atomic E-state index is 0.0147. The number of amides is 1. The first-order valence-electron chi connectivity index (χ1n) is 6.91. The van der Waals surface area contributed by atoms with Crippen LogP contribution in [0.4, 0.5) is 0 Å². The van der Waals surface area contributed by atoms with Gasteiger partial charge in [0.2, 0.25) is 5.91 Å². The van der Waals surface area contributed by atoms with Crippen LogP contribution in [0.1, 0.15) is 11.5 Å². The van der Waals surface area contributed by atoms with Crippen LogP contribution in [0.15, 0.2) is 36.7 Å². The molecule has 0 aliphatic carbocycles. The summed E-state index contributed by atoms with van der Waals surface area (Å²) < 4.78 is 1.33. The fourth-order valence-corrected chi connectivity index (χ4v) is 2.79. The number of benzene rings is 1. The lowest BCUT2D eigenvalue weighted by atomic mass is 9.89. The first-order valence-corrected chi connectivity index (χ1v) is 6.91. The van der Waals surface area contributed by atoms with E-state index in [0.29, 0.717) is 6.54 Å². The van der Waals surface area contributed by atoms with Gasteiger partial charge in [-0.1, -0.05) is 30.3 Å². The van der Waals surface area contributed by atoms with Crippen LogP contribution in [0, 0.1) is 5.92 Å². The van der Waals surface area contributed by atoms with Crippen LogP contribution in [0.25, 0.3) is 0 Å². The molecule has 1 N–H and O–H groups in total. The molecule has 0 spiro atoms. The van der Waals surface area contributed by atoms with Gasteiger partial charge in [-0.2, -0.15) is 0 Å². The number of carbonyl (C=O) groups excluding carboxylic acids is 1. The minimum Gasteiger partial charge on any atom is -0.481 e. The molecule has 2 heterocycles. The topological polar surface area (TPSA) is 101 Å². The van der Waals surface area contributed by atoms with Crippen LogP contribution in [0.3, 0.4) is 0 Å². The average Bonchev–Trinajstić information content (AvgIpc) is 3.17. The number of tetrazole rings is 1. The van der Waals surface area contributed by atoms with E-state index in [9.17, 15) is 14.7 Å². The van der Waals surface area contributed by atoms with Crippen molar-refractivity contribution in [3.63, 3.8) is 0 Å². The van der Waals surface area contributed by atoms with Crippen LogP contribution >= 0.6 is 0 Å². The maximum Gasteiger partial charge on any atom is 0.308 e. The third-order valence-corrected chi connectivity index (χ3v) is 3.91. The molecule has 114 valence electrons. The van der Waals surface area contributed by atoms with E-state index >= 15 is 0 Å². The molecule has 1 amide bonds. The van der Waals surface area contributed by atoms with E-state index in [1.165, 1.54) is 11.0 Å². The minimum atomic E-state index is -0.883. The highest BCUT2D eigenvalue weighted by Gasteiger charge is 2.40. The second-order valence-corrected chi connectivity index (χ2v) is 5.27. The first kappa shape index (κ1) is 14.2. The Bertz CT molecular complexity index is 658. The Labute approximate surface area is 126 Å². The van der Waals surface area contributed by atoms with Crippen LogP contribution in [0.5, 0.6) is 0 Å². The molecule has 1 aromatic heterocycles. The van der Waals surface area contributed by atoms with Gasteiger partial charge >= 0.3 is 5.97 Å². The zero-order valence-electron chi connectivity index (χ0n) is 11.7. The van der Waals surface area contributed by atoms with Gasteiger partial charge in [0.05, 0.1) is 5.92 Å². The lowest BCUT2D eigenvalue weighted by molar-refractivity contribution is -0.141. The fourth-order valence-electron chi connectivity index (χ4n) is 2.79. The Balaban J connectivity index is 1.75. The molecular formula is C14H15N5O3. The summed E-state index contributed by atoms with van der Waals surface area (Å²) in [7, 11) is 0. The number of carboxylic acid groups (broad SMARTS) is 1. The summed E-state index contributed by atoms with van der Waals surface area (Å²) in [5.74, 6) is -1.86. The molecule has 0 unspecified atom stereocenters. The normalized spacial score (nSPS) is 21.0. The number of aliphatic carboxylic acids is 1. The summed E-state index contributed by atoms with van der Waals surface area (Å²) in [5, 5.41) is 20.0. The Morgan fingerprint density at radius 2 is 2.00 bits per heavy atom. The second kappa shape index (κ2) is 5.92. The van der Waals surface area contributed by atoms with Gasteiger partial charge in [0.25, 0.3) is 0 Å². The summed E-state index contributed by atoms with van der Waals surface area (Å²) in [6.07, 6.45) is 1.36. The number of aromatic nitrogens is 4. The highest BCUT2D eigenvalue weighted by atomic mass is 16.4. The van der Waals surface area contributed by atoms with Gasteiger partial charge in [-0.15, -0.1) is 5.10 Å². The zero-order chi connectivity index (χ0) is 15.5. The standard InChI is InChI=1S/C14H15N5O3/c20-13(8-19-9-15-16-17-19)18-6-11(12(7-18)14(21)22)10-4-2-1-3-5-10/h1-5,9,11-12H,6-8H2,(H,21,22)/t11-,12-/m1/s1. The van der Waals surface area contributed by atoms with Crippen molar-refractivity contribution in [1.82, 2.24) is 25.1 Å². The molecule has 1 aliphatic heterocycles. The van der Waals surface area contributed by atoms with Crippen molar-refractivity contribution < 1.29 is 14.7 Å². The number of carbonyl (C=O) groups is 2. The number of carboxylic acids is 1. The SMILES string of the molecule is O=C(O)[C@@H]1CN(C(=O)Cn2cnnn2)C[C@@H]1c1ccccc1. The predicted molar refractivity (Wildman–Crippen MR) is 74.7 cm³/mol. The van der Waals surface area contributed by atoms with Gasteiger partial charge in [-0.05, 0) is 16.0 Å². The fraction of sp³-hybridized carbons (Fsp3) is 0.357. The molecule has 8 nitrogen and oxygen atoms in total. The molecule has 1 fully saturated rings. The van der Waals surface area contributed by atoms with Gasteiger partial charge in [0.15, 0.2) is 0 Å². The van der Waals surface area contributed by atoms with Crippen molar-refractivity contribution in [1.29, 1.82) is 0 Å². The first-order chi connectivity index (χ1) is 10.6. The lowest BCUT2D eigenvalue weighted by Crippen LogP contribution is -2.33. The molecule has 2 aromatic rings. The molecule has 8 heteroatoms. The molecule has 0 saturated carbocycles. The average molecular weight is 301 g/mol. The number of hydrogen-bond acceptors (Lipinski definition) is 5. The number of rotatable bonds is 4. The molecule has 1 saturated heterocycles. The summed E-state index contributed by atoms with van der Waals surface area (Å²) in [4.78, 5) is 25.3. The van der Waals surface area contributed by atoms with Crippen LogP contribution in [0.2, 0.25) is 0 Å². The summed E-state index contributed by atoms with van der Waals surface area (Å²) in [6.45, 7) is 0.610. The van der Waals surface area contributed by atoms with Crippen LogP contribution in [-0.2, 0) is 16.1 Å². The largest absolute Gasteiger partial charge is 0.481 e. The van der Waals surface area contributed by atoms with Crippen molar-refractivity contribution in [2.45, 2.75) is 12.5 Å². The van der Waals surface area contributed by atoms with E-state index in [1.807, 2.05) is 30.3 Å². The van der Waals surface area contributed by atoms with E-state index in [0.717, 1.165) is 5.56 Å². The zero-order valence-corrected chi connectivity index (χ0v) is 11.7. The van der Waals surface area contributed by atoms with Crippen molar-refractivity contribution in [3.8, 4) is 0 Å². The van der Waals surface area contributed by atoms with E-state index < -0.39 is 11.9 Å². The Hall–Kier alpha value is -2.77. The highest BCUT2D eigenvalue weighted by molar-refractivity contribution is 5.79. The maximum absolute atomic E-state index is 12.3. The monoisotopic (exact) mass is 301 g/mol. The predicted octanol–water partition coefficient (Wildman–Crippen LogP) is -0.0001000. The van der Waals surface area contributed by atoms with E-state index in [-0.39, 0.29) is 24.9 Å². The van der Waals surface area contributed by atoms with Gasteiger partial charge < -0.3 is 10.0 Å². The van der Waals surface area contributed by atoms with E-state index in [4.69, 9.17) is 0 Å². The molecular weight excluding hydrogens is 286 g/mol. The number of hydrogen-bond donors (Lipinski definition) is 1.